The molecular weight excluding hydrogens is 306 g/mol. The van der Waals surface area contributed by atoms with E-state index in [9.17, 15) is 4.79 Å². The number of amides is 1. The zero-order valence-corrected chi connectivity index (χ0v) is 12.5. The maximum Gasteiger partial charge on any atom is 0.321 e. The lowest BCUT2D eigenvalue weighted by Gasteiger charge is -2.05. The topological polar surface area (TPSA) is 89.9 Å². The second-order valence-electron chi connectivity index (χ2n) is 4.61. The maximum atomic E-state index is 11.9. The van der Waals surface area contributed by atoms with Gasteiger partial charge in [-0.25, -0.2) is 9.97 Å². The first-order valence-corrected chi connectivity index (χ1v) is 7.09. The van der Waals surface area contributed by atoms with Crippen molar-refractivity contribution in [3.8, 4) is 11.8 Å². The summed E-state index contributed by atoms with van der Waals surface area (Å²) in [4.78, 5) is 27.8. The second kappa shape index (κ2) is 7.59. The molecule has 0 saturated heterocycles. The second-order valence-corrected chi connectivity index (χ2v) is 4.61. The summed E-state index contributed by atoms with van der Waals surface area (Å²) in [5.41, 5.74) is 1.25. The highest BCUT2D eigenvalue weighted by Gasteiger charge is 2.01. The summed E-state index contributed by atoms with van der Waals surface area (Å²) in [6.45, 7) is 0. The van der Waals surface area contributed by atoms with Crippen molar-refractivity contribution in [1.29, 1.82) is 0 Å². The molecule has 0 bridgehead atoms. The smallest absolute Gasteiger partial charge is 0.321 e. The first-order valence-electron chi connectivity index (χ1n) is 7.09. The minimum atomic E-state index is -0.263. The molecule has 7 heteroatoms. The summed E-state index contributed by atoms with van der Waals surface area (Å²) >= 11 is 0. The van der Waals surface area contributed by atoms with E-state index in [0.29, 0.717) is 17.1 Å². The fourth-order valence-corrected chi connectivity index (χ4v) is 1.79. The molecule has 0 fully saturated rings. The number of ether oxygens (including phenoxy) is 1. The first kappa shape index (κ1) is 15.3. The SMILES string of the molecule is O=C(/C=C/c1cnccn1)Nc1ccc(Oc2ncccn2)cc1. The molecule has 0 atom stereocenters. The summed E-state index contributed by atoms with van der Waals surface area (Å²) in [6.07, 6.45) is 10.9. The number of nitrogens with zero attached hydrogens (tertiary/aromatic N) is 4. The van der Waals surface area contributed by atoms with Crippen LogP contribution in [0.2, 0.25) is 0 Å². The van der Waals surface area contributed by atoms with Gasteiger partial charge < -0.3 is 10.1 Å². The molecule has 0 unspecified atom stereocenters. The van der Waals surface area contributed by atoms with Crippen LogP contribution in [0, 0.1) is 0 Å². The molecule has 118 valence electrons. The third-order valence-corrected chi connectivity index (χ3v) is 2.86. The lowest BCUT2D eigenvalue weighted by molar-refractivity contribution is -0.111. The van der Waals surface area contributed by atoms with E-state index < -0.39 is 0 Å². The van der Waals surface area contributed by atoms with Gasteiger partial charge in [0, 0.05) is 36.6 Å². The average Bonchev–Trinajstić information content (AvgIpc) is 2.63. The Bertz CT molecular complexity index is 821. The molecule has 0 aliphatic rings. The van der Waals surface area contributed by atoms with Crippen LogP contribution in [-0.2, 0) is 4.79 Å². The van der Waals surface area contributed by atoms with Gasteiger partial charge in [-0.15, -0.1) is 0 Å². The molecule has 2 heterocycles. The van der Waals surface area contributed by atoms with Gasteiger partial charge >= 0.3 is 6.01 Å². The number of anilines is 1. The number of hydrogen-bond donors (Lipinski definition) is 1. The molecule has 2 aromatic heterocycles. The lowest BCUT2D eigenvalue weighted by atomic mass is 10.3. The third-order valence-electron chi connectivity index (χ3n) is 2.86. The molecule has 0 radical (unpaired) electrons. The molecule has 1 aromatic carbocycles. The number of rotatable bonds is 5. The summed E-state index contributed by atoms with van der Waals surface area (Å²) in [5, 5.41) is 2.74. The molecule has 0 spiro atoms. The predicted molar refractivity (Wildman–Crippen MR) is 88.2 cm³/mol. The van der Waals surface area contributed by atoms with Gasteiger partial charge in [0.2, 0.25) is 5.91 Å². The van der Waals surface area contributed by atoms with Crippen molar-refractivity contribution < 1.29 is 9.53 Å². The molecule has 7 nitrogen and oxygen atoms in total. The zero-order chi connectivity index (χ0) is 16.6. The van der Waals surface area contributed by atoms with Crippen molar-refractivity contribution in [2.45, 2.75) is 0 Å². The number of carbonyl (C=O) groups is 1. The van der Waals surface area contributed by atoms with Crippen molar-refractivity contribution >= 4 is 17.7 Å². The van der Waals surface area contributed by atoms with E-state index in [1.807, 2.05) is 0 Å². The fraction of sp³-hybridized carbons (Fsp3) is 0. The molecule has 3 aromatic rings. The Hall–Kier alpha value is -3.61. The summed E-state index contributed by atoms with van der Waals surface area (Å²) in [7, 11) is 0. The van der Waals surface area contributed by atoms with Crippen LogP contribution in [0.3, 0.4) is 0 Å². The maximum absolute atomic E-state index is 11.9. The number of aromatic nitrogens is 4. The van der Waals surface area contributed by atoms with Gasteiger partial charge in [-0.1, -0.05) is 0 Å². The number of benzene rings is 1. The van der Waals surface area contributed by atoms with Crippen LogP contribution >= 0.6 is 0 Å². The minimum absolute atomic E-state index is 0.263. The van der Waals surface area contributed by atoms with Crippen LogP contribution in [0.1, 0.15) is 5.69 Å². The molecule has 1 N–H and O–H groups in total. The molecule has 3 rings (SSSR count). The van der Waals surface area contributed by atoms with Crippen molar-refractivity contribution in [3.05, 3.63) is 73.1 Å². The quantitative estimate of drug-likeness (QED) is 0.727. The molecule has 24 heavy (non-hydrogen) atoms. The van der Waals surface area contributed by atoms with Crippen LogP contribution in [0.25, 0.3) is 6.08 Å². The Morgan fingerprint density at radius 1 is 1.00 bits per heavy atom. The average molecular weight is 319 g/mol. The van der Waals surface area contributed by atoms with Gasteiger partial charge in [-0.05, 0) is 36.4 Å². The van der Waals surface area contributed by atoms with E-state index >= 15 is 0 Å². The van der Waals surface area contributed by atoms with Gasteiger partial charge in [-0.3, -0.25) is 14.8 Å². The fourth-order valence-electron chi connectivity index (χ4n) is 1.79. The van der Waals surface area contributed by atoms with Crippen LogP contribution in [0.4, 0.5) is 5.69 Å². The van der Waals surface area contributed by atoms with E-state index in [1.54, 1.807) is 67.4 Å². The molecule has 0 saturated carbocycles. The van der Waals surface area contributed by atoms with Gasteiger partial charge in [0.25, 0.3) is 0 Å². The number of carbonyl (C=O) groups excluding carboxylic acids is 1. The summed E-state index contributed by atoms with van der Waals surface area (Å²) in [5.74, 6) is 0.315. The highest BCUT2D eigenvalue weighted by molar-refractivity contribution is 6.01. The summed E-state index contributed by atoms with van der Waals surface area (Å²) in [6, 6.07) is 8.87. The Labute approximate surface area is 138 Å². The van der Waals surface area contributed by atoms with E-state index in [0.717, 1.165) is 0 Å². The monoisotopic (exact) mass is 319 g/mol. The van der Waals surface area contributed by atoms with Gasteiger partial charge in [0.1, 0.15) is 5.75 Å². The van der Waals surface area contributed by atoms with E-state index in [-0.39, 0.29) is 11.9 Å². The zero-order valence-electron chi connectivity index (χ0n) is 12.5. The Balaban J connectivity index is 1.58. The standard InChI is InChI=1S/C17H13N5O2/c23-16(7-4-14-12-18-10-11-19-14)22-13-2-5-15(6-3-13)24-17-20-8-1-9-21-17/h1-12H,(H,22,23)/b7-4+. The Morgan fingerprint density at radius 3 is 2.50 bits per heavy atom. The van der Waals surface area contributed by atoms with Crippen LogP contribution < -0.4 is 10.1 Å². The number of nitrogens with one attached hydrogen (secondary N) is 1. The Morgan fingerprint density at radius 2 is 1.79 bits per heavy atom. The molecule has 0 aliphatic carbocycles. The molecular formula is C17H13N5O2. The highest BCUT2D eigenvalue weighted by Crippen LogP contribution is 2.19. The van der Waals surface area contributed by atoms with Crippen molar-refractivity contribution in [2.75, 3.05) is 5.32 Å². The first-order chi connectivity index (χ1) is 11.8. The normalized spacial score (nSPS) is 10.5. The minimum Gasteiger partial charge on any atom is -0.424 e. The lowest BCUT2D eigenvalue weighted by Crippen LogP contribution is -2.07. The van der Waals surface area contributed by atoms with E-state index in [4.69, 9.17) is 4.74 Å². The Kier molecular flexibility index (Phi) is 4.84. The van der Waals surface area contributed by atoms with Gasteiger partial charge in [-0.2, -0.15) is 0 Å². The van der Waals surface area contributed by atoms with Crippen LogP contribution in [0.15, 0.2) is 67.4 Å². The van der Waals surface area contributed by atoms with Gasteiger partial charge in [0.15, 0.2) is 0 Å². The number of hydrogen-bond acceptors (Lipinski definition) is 6. The van der Waals surface area contributed by atoms with Crippen molar-refractivity contribution in [2.24, 2.45) is 0 Å². The van der Waals surface area contributed by atoms with E-state index in [2.05, 4.69) is 25.3 Å². The van der Waals surface area contributed by atoms with Crippen LogP contribution in [-0.4, -0.2) is 25.8 Å². The predicted octanol–water partition coefficient (Wildman–Crippen LogP) is 2.71. The van der Waals surface area contributed by atoms with Crippen LogP contribution in [0.5, 0.6) is 11.8 Å². The highest BCUT2D eigenvalue weighted by atomic mass is 16.5. The van der Waals surface area contributed by atoms with Gasteiger partial charge in [0.05, 0.1) is 11.9 Å². The van der Waals surface area contributed by atoms with Crippen molar-refractivity contribution in [1.82, 2.24) is 19.9 Å². The van der Waals surface area contributed by atoms with E-state index in [1.165, 1.54) is 6.08 Å². The largest absolute Gasteiger partial charge is 0.424 e. The third kappa shape index (κ3) is 4.44. The molecule has 0 aliphatic heterocycles. The van der Waals surface area contributed by atoms with Crippen molar-refractivity contribution in [3.63, 3.8) is 0 Å². The summed E-state index contributed by atoms with van der Waals surface area (Å²) < 4.78 is 5.48. The molecule has 1 amide bonds.